The number of hydrogen-bond donors (Lipinski definition) is 1. The standard InChI is InChI=1S/C19H19N5O4/c1-12-8-20-17(13(2)18(12)28-3)10-21-19(25)14-9-22-23(11-14)15-4-6-16(7-5-15)24(26)27/h4-9,11H,10H2,1-3H3,(H,21,25). The second kappa shape index (κ2) is 7.87. The first-order valence-corrected chi connectivity index (χ1v) is 8.47. The normalized spacial score (nSPS) is 10.5. The Morgan fingerprint density at radius 2 is 1.96 bits per heavy atom. The summed E-state index contributed by atoms with van der Waals surface area (Å²) in [7, 11) is 1.60. The van der Waals surface area contributed by atoms with Gasteiger partial charge in [-0.3, -0.25) is 19.9 Å². The minimum Gasteiger partial charge on any atom is -0.496 e. The summed E-state index contributed by atoms with van der Waals surface area (Å²) in [5.74, 6) is 0.458. The van der Waals surface area contributed by atoms with Gasteiger partial charge in [0.05, 0.1) is 41.7 Å². The monoisotopic (exact) mass is 381 g/mol. The SMILES string of the molecule is COc1c(C)cnc(CNC(=O)c2cnn(-c3ccc([N+](=O)[O-])cc3)c2)c1C. The lowest BCUT2D eigenvalue weighted by Crippen LogP contribution is -2.23. The van der Waals surface area contributed by atoms with E-state index < -0.39 is 4.92 Å². The zero-order valence-corrected chi connectivity index (χ0v) is 15.7. The molecule has 2 aromatic heterocycles. The highest BCUT2D eigenvalue weighted by atomic mass is 16.6. The van der Waals surface area contributed by atoms with Crippen molar-refractivity contribution in [3.8, 4) is 11.4 Å². The molecule has 144 valence electrons. The molecule has 9 nitrogen and oxygen atoms in total. The predicted octanol–water partition coefficient (Wildman–Crippen LogP) is 2.73. The van der Waals surface area contributed by atoms with E-state index in [1.54, 1.807) is 31.6 Å². The topological polar surface area (TPSA) is 112 Å². The Kier molecular flexibility index (Phi) is 5.35. The molecule has 2 heterocycles. The number of carbonyl (C=O) groups is 1. The van der Waals surface area contributed by atoms with E-state index in [1.165, 1.54) is 23.0 Å². The summed E-state index contributed by atoms with van der Waals surface area (Å²) in [6, 6.07) is 5.91. The van der Waals surface area contributed by atoms with Crippen LogP contribution < -0.4 is 10.1 Å². The average molecular weight is 381 g/mol. The van der Waals surface area contributed by atoms with Crippen LogP contribution in [-0.4, -0.2) is 32.7 Å². The molecule has 0 aliphatic carbocycles. The number of amides is 1. The largest absolute Gasteiger partial charge is 0.496 e. The number of aromatic nitrogens is 3. The summed E-state index contributed by atoms with van der Waals surface area (Å²) in [5, 5.41) is 17.7. The minimum absolute atomic E-state index is 0.00901. The maximum absolute atomic E-state index is 12.4. The number of nitrogens with one attached hydrogen (secondary N) is 1. The number of pyridine rings is 1. The van der Waals surface area contributed by atoms with E-state index in [0.29, 0.717) is 11.3 Å². The van der Waals surface area contributed by atoms with Gasteiger partial charge >= 0.3 is 0 Å². The van der Waals surface area contributed by atoms with Gasteiger partial charge in [-0.05, 0) is 26.0 Å². The molecule has 0 bridgehead atoms. The second-order valence-corrected chi connectivity index (χ2v) is 6.18. The fraction of sp³-hybridized carbons (Fsp3) is 0.211. The van der Waals surface area contributed by atoms with Gasteiger partial charge in [-0.1, -0.05) is 0 Å². The molecule has 28 heavy (non-hydrogen) atoms. The molecule has 0 aliphatic heterocycles. The van der Waals surface area contributed by atoms with Crippen LogP contribution in [0.3, 0.4) is 0 Å². The van der Waals surface area contributed by atoms with Gasteiger partial charge in [0.1, 0.15) is 5.75 Å². The molecule has 9 heteroatoms. The molecule has 0 radical (unpaired) electrons. The van der Waals surface area contributed by atoms with Crippen LogP contribution in [0.4, 0.5) is 5.69 Å². The summed E-state index contributed by atoms with van der Waals surface area (Å²) in [6.07, 6.45) is 4.71. The quantitative estimate of drug-likeness (QED) is 0.519. The predicted molar refractivity (Wildman–Crippen MR) is 102 cm³/mol. The highest BCUT2D eigenvalue weighted by Gasteiger charge is 2.13. The average Bonchev–Trinajstić information content (AvgIpc) is 3.18. The van der Waals surface area contributed by atoms with Crippen LogP contribution in [0.15, 0.2) is 42.9 Å². The first kappa shape index (κ1) is 19.0. The lowest BCUT2D eigenvalue weighted by molar-refractivity contribution is -0.384. The molecule has 0 unspecified atom stereocenters. The van der Waals surface area contributed by atoms with E-state index in [0.717, 1.165) is 22.6 Å². The van der Waals surface area contributed by atoms with Crippen molar-refractivity contribution in [3.05, 3.63) is 75.4 Å². The van der Waals surface area contributed by atoms with Gasteiger partial charge in [-0.15, -0.1) is 0 Å². The highest BCUT2D eigenvalue weighted by molar-refractivity contribution is 5.93. The number of methoxy groups -OCH3 is 1. The van der Waals surface area contributed by atoms with Gasteiger partial charge in [-0.25, -0.2) is 4.68 Å². The number of non-ortho nitro benzene ring substituents is 1. The molecule has 0 saturated heterocycles. The van der Waals surface area contributed by atoms with Gasteiger partial charge in [0.25, 0.3) is 11.6 Å². The summed E-state index contributed by atoms with van der Waals surface area (Å²) < 4.78 is 6.86. The van der Waals surface area contributed by atoms with Crippen LogP contribution in [0.5, 0.6) is 5.75 Å². The number of benzene rings is 1. The first-order valence-electron chi connectivity index (χ1n) is 8.47. The Labute approximate surface area is 161 Å². The number of nitro groups is 1. The molecular formula is C19H19N5O4. The zero-order chi connectivity index (χ0) is 20.3. The zero-order valence-electron chi connectivity index (χ0n) is 15.7. The second-order valence-electron chi connectivity index (χ2n) is 6.18. The summed E-state index contributed by atoms with van der Waals surface area (Å²) in [5.41, 5.74) is 3.51. The van der Waals surface area contributed by atoms with Crippen LogP contribution >= 0.6 is 0 Å². The van der Waals surface area contributed by atoms with Crippen molar-refractivity contribution in [2.45, 2.75) is 20.4 Å². The van der Waals surface area contributed by atoms with Gasteiger partial charge in [-0.2, -0.15) is 5.10 Å². The Hall–Kier alpha value is -3.75. The Balaban J connectivity index is 1.70. The Bertz CT molecular complexity index is 1030. The number of aryl methyl sites for hydroxylation is 1. The van der Waals surface area contributed by atoms with Crippen LogP contribution in [0.25, 0.3) is 5.69 Å². The lowest BCUT2D eigenvalue weighted by atomic mass is 10.1. The van der Waals surface area contributed by atoms with Crippen molar-refractivity contribution in [2.24, 2.45) is 0 Å². The molecular weight excluding hydrogens is 362 g/mol. The van der Waals surface area contributed by atoms with Crippen LogP contribution in [0.1, 0.15) is 27.2 Å². The maximum Gasteiger partial charge on any atom is 0.269 e. The summed E-state index contributed by atoms with van der Waals surface area (Å²) in [6.45, 7) is 4.06. The van der Waals surface area contributed by atoms with Gasteiger partial charge in [0.2, 0.25) is 0 Å². The number of nitro benzene ring substituents is 1. The number of hydrogen-bond acceptors (Lipinski definition) is 6. The van der Waals surface area contributed by atoms with E-state index in [4.69, 9.17) is 4.74 Å². The van der Waals surface area contributed by atoms with Crippen molar-refractivity contribution in [2.75, 3.05) is 7.11 Å². The Morgan fingerprint density at radius 1 is 1.25 bits per heavy atom. The highest BCUT2D eigenvalue weighted by Crippen LogP contribution is 2.23. The fourth-order valence-electron chi connectivity index (χ4n) is 2.82. The third-order valence-corrected chi connectivity index (χ3v) is 4.34. The van der Waals surface area contributed by atoms with E-state index >= 15 is 0 Å². The lowest BCUT2D eigenvalue weighted by Gasteiger charge is -2.12. The smallest absolute Gasteiger partial charge is 0.269 e. The Morgan fingerprint density at radius 3 is 2.61 bits per heavy atom. The van der Waals surface area contributed by atoms with Gasteiger partial charge in [0.15, 0.2) is 0 Å². The summed E-state index contributed by atoms with van der Waals surface area (Å²) >= 11 is 0. The number of carbonyl (C=O) groups excluding carboxylic acids is 1. The molecule has 1 aromatic carbocycles. The van der Waals surface area contributed by atoms with E-state index in [2.05, 4.69) is 15.4 Å². The van der Waals surface area contributed by atoms with Crippen molar-refractivity contribution in [1.29, 1.82) is 0 Å². The van der Waals surface area contributed by atoms with Crippen LogP contribution in [0, 0.1) is 24.0 Å². The van der Waals surface area contributed by atoms with Crippen LogP contribution in [-0.2, 0) is 6.54 Å². The number of ether oxygens (including phenoxy) is 1. The third-order valence-electron chi connectivity index (χ3n) is 4.34. The molecule has 3 aromatic rings. The van der Waals surface area contributed by atoms with E-state index in [1.807, 2.05) is 13.8 Å². The molecule has 3 rings (SSSR count). The third kappa shape index (κ3) is 3.83. The van der Waals surface area contributed by atoms with E-state index in [9.17, 15) is 14.9 Å². The van der Waals surface area contributed by atoms with Gasteiger partial charge in [0, 0.05) is 35.7 Å². The molecule has 1 N–H and O–H groups in total. The van der Waals surface area contributed by atoms with Gasteiger partial charge < -0.3 is 10.1 Å². The summed E-state index contributed by atoms with van der Waals surface area (Å²) in [4.78, 5) is 27.0. The molecule has 1 amide bonds. The molecule has 0 spiro atoms. The van der Waals surface area contributed by atoms with Crippen molar-refractivity contribution < 1.29 is 14.5 Å². The number of nitrogens with zero attached hydrogens (tertiary/aromatic N) is 4. The first-order chi connectivity index (χ1) is 13.4. The molecule has 0 fully saturated rings. The molecule has 0 atom stereocenters. The fourth-order valence-corrected chi connectivity index (χ4v) is 2.82. The minimum atomic E-state index is -0.470. The van der Waals surface area contributed by atoms with E-state index in [-0.39, 0.29) is 18.1 Å². The van der Waals surface area contributed by atoms with Crippen molar-refractivity contribution in [3.63, 3.8) is 0 Å². The maximum atomic E-state index is 12.4. The van der Waals surface area contributed by atoms with Crippen LogP contribution in [0.2, 0.25) is 0 Å². The molecule has 0 aliphatic rings. The molecule has 0 saturated carbocycles. The number of rotatable bonds is 6. The van der Waals surface area contributed by atoms with Crippen molar-refractivity contribution >= 4 is 11.6 Å². The van der Waals surface area contributed by atoms with Crippen molar-refractivity contribution in [1.82, 2.24) is 20.1 Å².